The molecule has 1 atom stereocenters. The third-order valence-corrected chi connectivity index (χ3v) is 3.20. The highest BCUT2D eigenvalue weighted by Crippen LogP contribution is 2.14. The summed E-state index contributed by atoms with van der Waals surface area (Å²) < 4.78 is 22.4. The number of benzene rings is 1. The van der Waals surface area contributed by atoms with Gasteiger partial charge in [0.25, 0.3) is 0 Å². The smallest absolute Gasteiger partial charge is 0.225 e. The predicted molar refractivity (Wildman–Crippen MR) is 66.4 cm³/mol. The number of nitrogens with two attached hydrogens (primary N) is 1. The zero-order chi connectivity index (χ0) is 13.1. The molecule has 3 N–H and O–H groups in total. The minimum Gasteiger partial charge on any atom is -0.327 e. The number of hydrogen-bond donors (Lipinski definition) is 2. The van der Waals surface area contributed by atoms with E-state index in [0.29, 0.717) is 5.69 Å². The number of anilines is 1. The zero-order valence-corrected chi connectivity index (χ0v) is 10.6. The summed E-state index contributed by atoms with van der Waals surface area (Å²) in [6.45, 7) is 1.74. The third-order valence-electron chi connectivity index (χ3n) is 2.07. The van der Waals surface area contributed by atoms with Gasteiger partial charge in [0, 0.05) is 24.4 Å². The Balaban J connectivity index is 2.73. The van der Waals surface area contributed by atoms with Gasteiger partial charge in [-0.2, -0.15) is 0 Å². The van der Waals surface area contributed by atoms with Crippen LogP contribution in [-0.4, -0.2) is 26.6 Å². The lowest BCUT2D eigenvalue weighted by molar-refractivity contribution is -0.116. The summed E-state index contributed by atoms with van der Waals surface area (Å²) in [6, 6.07) is 5.81. The SMILES string of the molecule is CC(N)CC(=O)Nc1ccc(S(C)(=O)=O)cc1. The van der Waals surface area contributed by atoms with Crippen LogP contribution in [0.4, 0.5) is 5.69 Å². The van der Waals surface area contributed by atoms with E-state index >= 15 is 0 Å². The minimum absolute atomic E-state index is 0.188. The van der Waals surface area contributed by atoms with Crippen molar-refractivity contribution in [2.45, 2.75) is 24.3 Å². The second-order valence-electron chi connectivity index (χ2n) is 4.03. The molecule has 0 saturated heterocycles. The highest BCUT2D eigenvalue weighted by atomic mass is 32.2. The lowest BCUT2D eigenvalue weighted by atomic mass is 10.2. The van der Waals surface area contributed by atoms with E-state index in [9.17, 15) is 13.2 Å². The largest absolute Gasteiger partial charge is 0.327 e. The lowest BCUT2D eigenvalue weighted by Gasteiger charge is -2.07. The van der Waals surface area contributed by atoms with Crippen molar-refractivity contribution in [3.05, 3.63) is 24.3 Å². The maximum Gasteiger partial charge on any atom is 0.225 e. The molecular formula is C11H16N2O3S. The van der Waals surface area contributed by atoms with Crippen LogP contribution in [0, 0.1) is 0 Å². The standard InChI is InChI=1S/C11H16N2O3S/c1-8(12)7-11(14)13-9-3-5-10(6-4-9)17(2,15)16/h3-6,8H,7,12H2,1-2H3,(H,13,14). The van der Waals surface area contributed by atoms with E-state index in [1.165, 1.54) is 12.1 Å². The van der Waals surface area contributed by atoms with E-state index in [-0.39, 0.29) is 23.3 Å². The number of hydrogen-bond acceptors (Lipinski definition) is 4. The maximum absolute atomic E-state index is 11.4. The highest BCUT2D eigenvalue weighted by molar-refractivity contribution is 7.90. The maximum atomic E-state index is 11.4. The Morgan fingerprint density at radius 2 is 1.88 bits per heavy atom. The van der Waals surface area contributed by atoms with Crippen molar-refractivity contribution in [1.29, 1.82) is 0 Å². The number of amides is 1. The van der Waals surface area contributed by atoms with Gasteiger partial charge in [-0.3, -0.25) is 4.79 Å². The molecular weight excluding hydrogens is 240 g/mol. The van der Waals surface area contributed by atoms with Crippen LogP contribution in [0.5, 0.6) is 0 Å². The molecule has 0 aliphatic heterocycles. The van der Waals surface area contributed by atoms with Crippen LogP contribution >= 0.6 is 0 Å². The van der Waals surface area contributed by atoms with Gasteiger partial charge < -0.3 is 11.1 Å². The fraction of sp³-hybridized carbons (Fsp3) is 0.364. The molecule has 0 fully saturated rings. The number of carbonyl (C=O) groups excluding carboxylic acids is 1. The average molecular weight is 256 g/mol. The molecule has 0 aromatic heterocycles. The van der Waals surface area contributed by atoms with Crippen LogP contribution in [0.2, 0.25) is 0 Å². The first-order valence-corrected chi connectivity index (χ1v) is 7.04. The van der Waals surface area contributed by atoms with E-state index in [1.54, 1.807) is 19.1 Å². The number of sulfone groups is 1. The zero-order valence-electron chi connectivity index (χ0n) is 9.80. The molecule has 0 radical (unpaired) electrons. The topological polar surface area (TPSA) is 89.3 Å². The first-order chi connectivity index (χ1) is 7.79. The third kappa shape index (κ3) is 4.54. The summed E-state index contributed by atoms with van der Waals surface area (Å²) in [4.78, 5) is 11.6. The summed E-state index contributed by atoms with van der Waals surface area (Å²) in [7, 11) is -3.20. The minimum atomic E-state index is -3.20. The molecule has 1 aromatic carbocycles. The highest BCUT2D eigenvalue weighted by Gasteiger charge is 2.08. The molecule has 94 valence electrons. The summed E-state index contributed by atoms with van der Waals surface area (Å²) in [5, 5.41) is 2.64. The van der Waals surface area contributed by atoms with Gasteiger partial charge in [0.1, 0.15) is 0 Å². The quantitative estimate of drug-likeness (QED) is 0.832. The Kier molecular flexibility index (Phi) is 4.25. The molecule has 1 aromatic rings. The molecule has 1 rings (SSSR count). The van der Waals surface area contributed by atoms with Crippen LogP contribution in [0.25, 0.3) is 0 Å². The summed E-state index contributed by atoms with van der Waals surface area (Å²) in [6.07, 6.45) is 1.37. The second kappa shape index (κ2) is 5.29. The molecule has 0 bridgehead atoms. The molecule has 1 unspecified atom stereocenters. The van der Waals surface area contributed by atoms with Gasteiger partial charge in [0.05, 0.1) is 4.90 Å². The van der Waals surface area contributed by atoms with Gasteiger partial charge in [-0.1, -0.05) is 0 Å². The van der Waals surface area contributed by atoms with Crippen molar-refractivity contribution >= 4 is 21.4 Å². The summed E-state index contributed by atoms with van der Waals surface area (Å²) >= 11 is 0. The molecule has 0 saturated carbocycles. The number of nitrogens with one attached hydrogen (secondary N) is 1. The van der Waals surface area contributed by atoms with E-state index in [1.807, 2.05) is 0 Å². The van der Waals surface area contributed by atoms with E-state index in [2.05, 4.69) is 5.32 Å². The lowest BCUT2D eigenvalue weighted by Crippen LogP contribution is -2.23. The van der Waals surface area contributed by atoms with E-state index in [0.717, 1.165) is 6.26 Å². The molecule has 1 amide bonds. The Morgan fingerprint density at radius 1 is 1.35 bits per heavy atom. The molecule has 5 nitrogen and oxygen atoms in total. The average Bonchev–Trinajstić information content (AvgIpc) is 2.15. The normalized spacial score (nSPS) is 13.1. The predicted octanol–water partition coefficient (Wildman–Crippen LogP) is 0.766. The fourth-order valence-corrected chi connectivity index (χ4v) is 1.92. The molecule has 6 heteroatoms. The van der Waals surface area contributed by atoms with Crippen molar-refractivity contribution in [3.63, 3.8) is 0 Å². The van der Waals surface area contributed by atoms with Crippen molar-refractivity contribution in [3.8, 4) is 0 Å². The summed E-state index contributed by atoms with van der Waals surface area (Å²) in [5.41, 5.74) is 6.05. The number of rotatable bonds is 4. The van der Waals surface area contributed by atoms with Crippen molar-refractivity contribution in [1.82, 2.24) is 0 Å². The monoisotopic (exact) mass is 256 g/mol. The van der Waals surface area contributed by atoms with E-state index in [4.69, 9.17) is 5.73 Å². The van der Waals surface area contributed by atoms with Gasteiger partial charge in [-0.25, -0.2) is 8.42 Å². The van der Waals surface area contributed by atoms with Crippen LogP contribution < -0.4 is 11.1 Å². The molecule has 17 heavy (non-hydrogen) atoms. The van der Waals surface area contributed by atoms with Crippen molar-refractivity contribution in [2.24, 2.45) is 5.73 Å². The fourth-order valence-electron chi connectivity index (χ4n) is 1.29. The second-order valence-corrected chi connectivity index (χ2v) is 6.04. The van der Waals surface area contributed by atoms with E-state index < -0.39 is 9.84 Å². The summed E-state index contributed by atoms with van der Waals surface area (Å²) in [5.74, 6) is -0.188. The Morgan fingerprint density at radius 3 is 2.29 bits per heavy atom. The van der Waals surface area contributed by atoms with Crippen LogP contribution in [-0.2, 0) is 14.6 Å². The van der Waals surface area contributed by atoms with Crippen LogP contribution in [0.3, 0.4) is 0 Å². The number of carbonyl (C=O) groups is 1. The Bertz CT molecular complexity index is 492. The van der Waals surface area contributed by atoms with Crippen LogP contribution in [0.15, 0.2) is 29.2 Å². The van der Waals surface area contributed by atoms with Gasteiger partial charge in [0.15, 0.2) is 9.84 Å². The Labute approximate surface area is 101 Å². The Hall–Kier alpha value is -1.40. The van der Waals surface area contributed by atoms with Gasteiger partial charge in [0.2, 0.25) is 5.91 Å². The van der Waals surface area contributed by atoms with Crippen molar-refractivity contribution < 1.29 is 13.2 Å². The van der Waals surface area contributed by atoms with Gasteiger partial charge in [-0.15, -0.1) is 0 Å². The van der Waals surface area contributed by atoms with Gasteiger partial charge in [-0.05, 0) is 31.2 Å². The first kappa shape index (κ1) is 13.7. The van der Waals surface area contributed by atoms with Crippen molar-refractivity contribution in [2.75, 3.05) is 11.6 Å². The van der Waals surface area contributed by atoms with Gasteiger partial charge >= 0.3 is 0 Å². The molecule has 0 spiro atoms. The molecule has 0 heterocycles. The first-order valence-electron chi connectivity index (χ1n) is 5.14. The molecule has 0 aliphatic rings. The molecule has 0 aliphatic carbocycles. The van der Waals surface area contributed by atoms with Crippen LogP contribution in [0.1, 0.15) is 13.3 Å².